The summed E-state index contributed by atoms with van der Waals surface area (Å²) >= 11 is 0. The minimum absolute atomic E-state index is 0.0850. The molecule has 7 nitrogen and oxygen atoms in total. The van der Waals surface area contributed by atoms with Gasteiger partial charge in [-0.3, -0.25) is 4.79 Å². The van der Waals surface area contributed by atoms with E-state index in [0.29, 0.717) is 24.3 Å². The van der Waals surface area contributed by atoms with Gasteiger partial charge >= 0.3 is 6.09 Å². The van der Waals surface area contributed by atoms with Crippen LogP contribution >= 0.6 is 0 Å². The average molecular weight is 421 g/mol. The van der Waals surface area contributed by atoms with Crippen LogP contribution in [-0.4, -0.2) is 53.3 Å². The largest absolute Gasteiger partial charge is 0.508 e. The van der Waals surface area contributed by atoms with Gasteiger partial charge in [0, 0.05) is 25.3 Å². The maximum atomic E-state index is 13.3. The lowest BCUT2D eigenvalue weighted by atomic mass is 9.89. The number of nitrogens with one attached hydrogen (secondary N) is 1. The number of hydrogen-bond acceptors (Lipinski definition) is 5. The number of nitrogens with zero attached hydrogens (tertiary/aromatic N) is 1. The zero-order valence-electron chi connectivity index (χ0n) is 19.0. The summed E-state index contributed by atoms with van der Waals surface area (Å²) in [4.78, 5) is 27.3. The number of fused-ring (bicyclic) bond motifs is 1. The third kappa shape index (κ3) is 6.36. The first kappa shape index (κ1) is 24.0. The minimum Gasteiger partial charge on any atom is -0.508 e. The Balaban J connectivity index is 2.36. The van der Waals surface area contributed by atoms with Crippen LogP contribution in [0.2, 0.25) is 0 Å². The molecule has 1 aromatic rings. The maximum absolute atomic E-state index is 13.3. The SMILES string of the molecule is CCCCOC1c2cc(O)ccc2C(=O)N(CC(C)C)C1CNC(=O)OC(C)(C)C. The molecule has 30 heavy (non-hydrogen) atoms. The van der Waals surface area contributed by atoms with Gasteiger partial charge in [-0.15, -0.1) is 0 Å². The number of ether oxygens (including phenoxy) is 2. The second-order valence-electron chi connectivity index (χ2n) is 9.22. The van der Waals surface area contributed by atoms with Crippen molar-refractivity contribution in [3.05, 3.63) is 29.3 Å². The van der Waals surface area contributed by atoms with Crippen molar-refractivity contribution >= 4 is 12.0 Å². The normalized spacial score (nSPS) is 19.0. The Bertz CT molecular complexity index is 742. The van der Waals surface area contributed by atoms with Gasteiger partial charge in [0.05, 0.1) is 6.04 Å². The van der Waals surface area contributed by atoms with Crippen molar-refractivity contribution in [3.8, 4) is 5.75 Å². The van der Waals surface area contributed by atoms with E-state index >= 15 is 0 Å². The van der Waals surface area contributed by atoms with Crippen LogP contribution in [0.25, 0.3) is 0 Å². The van der Waals surface area contributed by atoms with Crippen LogP contribution in [-0.2, 0) is 9.47 Å². The monoisotopic (exact) mass is 420 g/mol. The standard InChI is InChI=1S/C23H36N2O5/c1-7-8-11-29-20-18-12-16(26)9-10-17(18)21(27)25(14-15(2)3)19(20)13-24-22(28)30-23(4,5)6/h9-10,12,15,19-20,26H,7-8,11,13-14H2,1-6H3,(H,24,28). The lowest BCUT2D eigenvalue weighted by Gasteiger charge is -2.42. The van der Waals surface area contributed by atoms with Gasteiger partial charge in [-0.1, -0.05) is 27.2 Å². The van der Waals surface area contributed by atoms with Crippen LogP contribution in [0.5, 0.6) is 5.75 Å². The predicted octanol–water partition coefficient (Wildman–Crippen LogP) is 4.26. The zero-order chi connectivity index (χ0) is 22.5. The van der Waals surface area contributed by atoms with Crippen molar-refractivity contribution in [1.82, 2.24) is 10.2 Å². The lowest BCUT2D eigenvalue weighted by molar-refractivity contribution is -0.0242. The molecule has 0 saturated carbocycles. The summed E-state index contributed by atoms with van der Waals surface area (Å²) in [6.07, 6.45) is 0.878. The molecule has 0 saturated heterocycles. The van der Waals surface area contributed by atoms with Crippen LogP contribution < -0.4 is 5.32 Å². The molecule has 168 valence electrons. The lowest BCUT2D eigenvalue weighted by Crippen LogP contribution is -2.55. The number of alkyl carbamates (subject to hydrolysis) is 1. The Morgan fingerprint density at radius 2 is 2.00 bits per heavy atom. The van der Waals surface area contributed by atoms with Crippen molar-refractivity contribution in [2.75, 3.05) is 19.7 Å². The maximum Gasteiger partial charge on any atom is 0.407 e. The molecule has 2 N–H and O–H groups in total. The molecule has 1 aliphatic rings. The fraction of sp³-hybridized carbons (Fsp3) is 0.652. The summed E-state index contributed by atoms with van der Waals surface area (Å²) in [6, 6.07) is 4.36. The molecule has 0 bridgehead atoms. The summed E-state index contributed by atoms with van der Waals surface area (Å²) in [5, 5.41) is 12.8. The number of phenolic OH excluding ortho intramolecular Hbond substituents is 1. The quantitative estimate of drug-likeness (QED) is 0.614. The van der Waals surface area contributed by atoms with E-state index in [1.54, 1.807) is 37.8 Å². The molecule has 1 heterocycles. The Kier molecular flexibility index (Phi) is 8.12. The molecular formula is C23H36N2O5. The van der Waals surface area contributed by atoms with E-state index < -0.39 is 23.8 Å². The molecule has 2 rings (SSSR count). The van der Waals surface area contributed by atoms with E-state index in [4.69, 9.17) is 9.47 Å². The summed E-state index contributed by atoms with van der Waals surface area (Å²) in [6.45, 7) is 12.8. The van der Waals surface area contributed by atoms with Crippen LogP contribution in [0.4, 0.5) is 4.79 Å². The zero-order valence-corrected chi connectivity index (χ0v) is 19.0. The fourth-order valence-corrected chi connectivity index (χ4v) is 3.54. The van der Waals surface area contributed by atoms with Crippen molar-refractivity contribution in [1.29, 1.82) is 0 Å². The predicted molar refractivity (Wildman–Crippen MR) is 116 cm³/mol. The molecule has 0 aromatic heterocycles. The van der Waals surface area contributed by atoms with E-state index in [-0.39, 0.29) is 24.1 Å². The highest BCUT2D eigenvalue weighted by molar-refractivity contribution is 5.97. The average Bonchev–Trinajstić information content (AvgIpc) is 2.62. The Morgan fingerprint density at radius 1 is 1.30 bits per heavy atom. The summed E-state index contributed by atoms with van der Waals surface area (Å²) in [5.41, 5.74) is 0.579. The highest BCUT2D eigenvalue weighted by atomic mass is 16.6. The number of carbonyl (C=O) groups is 2. The second-order valence-corrected chi connectivity index (χ2v) is 9.22. The number of hydrogen-bond donors (Lipinski definition) is 2. The third-order valence-corrected chi connectivity index (χ3v) is 4.79. The minimum atomic E-state index is -0.612. The van der Waals surface area contributed by atoms with Gasteiger partial charge in [-0.2, -0.15) is 0 Å². The first-order valence-electron chi connectivity index (χ1n) is 10.8. The molecular weight excluding hydrogens is 384 g/mol. The molecule has 2 unspecified atom stereocenters. The number of phenols is 1. The van der Waals surface area contributed by atoms with E-state index in [1.165, 1.54) is 6.07 Å². The Morgan fingerprint density at radius 3 is 2.60 bits per heavy atom. The molecule has 1 aliphatic heterocycles. The third-order valence-electron chi connectivity index (χ3n) is 4.79. The van der Waals surface area contributed by atoms with Gasteiger partial charge in [-0.05, 0) is 56.9 Å². The Labute approximate surface area is 179 Å². The van der Waals surface area contributed by atoms with Gasteiger partial charge in [0.15, 0.2) is 0 Å². The number of aromatic hydroxyl groups is 1. The van der Waals surface area contributed by atoms with E-state index in [2.05, 4.69) is 12.2 Å². The second kappa shape index (κ2) is 10.2. The van der Waals surface area contributed by atoms with E-state index in [1.807, 2.05) is 13.8 Å². The van der Waals surface area contributed by atoms with E-state index in [9.17, 15) is 14.7 Å². The molecule has 0 fully saturated rings. The molecule has 7 heteroatoms. The van der Waals surface area contributed by atoms with Gasteiger partial charge in [-0.25, -0.2) is 4.79 Å². The summed E-state index contributed by atoms with van der Waals surface area (Å²) in [5.74, 6) is 0.208. The molecule has 2 amide bonds. The Hall–Kier alpha value is -2.28. The summed E-state index contributed by atoms with van der Waals surface area (Å²) in [7, 11) is 0. The number of amides is 2. The van der Waals surface area contributed by atoms with Crippen molar-refractivity contribution in [3.63, 3.8) is 0 Å². The van der Waals surface area contributed by atoms with Crippen LogP contribution in [0.15, 0.2) is 18.2 Å². The van der Waals surface area contributed by atoms with Crippen LogP contribution in [0, 0.1) is 5.92 Å². The molecule has 0 spiro atoms. The van der Waals surface area contributed by atoms with Crippen molar-refractivity contribution in [2.45, 2.75) is 72.1 Å². The van der Waals surface area contributed by atoms with Crippen molar-refractivity contribution in [2.24, 2.45) is 5.92 Å². The number of rotatable bonds is 8. The number of carbonyl (C=O) groups excluding carboxylic acids is 2. The van der Waals surface area contributed by atoms with Gasteiger partial charge in [0.1, 0.15) is 17.5 Å². The van der Waals surface area contributed by atoms with Gasteiger partial charge in [0.2, 0.25) is 0 Å². The van der Waals surface area contributed by atoms with Crippen LogP contribution in [0.3, 0.4) is 0 Å². The topological polar surface area (TPSA) is 88.1 Å². The van der Waals surface area contributed by atoms with Crippen LogP contribution in [0.1, 0.15) is 76.4 Å². The first-order chi connectivity index (χ1) is 14.0. The highest BCUT2D eigenvalue weighted by Gasteiger charge is 2.41. The fourth-order valence-electron chi connectivity index (χ4n) is 3.54. The summed E-state index contributed by atoms with van der Waals surface area (Å²) < 4.78 is 11.6. The van der Waals surface area contributed by atoms with Gasteiger partial charge < -0.3 is 24.8 Å². The number of unbranched alkanes of at least 4 members (excludes halogenated alkanes) is 1. The molecule has 1 aromatic carbocycles. The van der Waals surface area contributed by atoms with Crippen molar-refractivity contribution < 1.29 is 24.2 Å². The molecule has 2 atom stereocenters. The molecule has 0 radical (unpaired) electrons. The smallest absolute Gasteiger partial charge is 0.407 e. The van der Waals surface area contributed by atoms with E-state index in [0.717, 1.165) is 12.8 Å². The number of benzene rings is 1. The molecule has 0 aliphatic carbocycles. The first-order valence-corrected chi connectivity index (χ1v) is 10.8. The van der Waals surface area contributed by atoms with Gasteiger partial charge in [0.25, 0.3) is 5.91 Å². The highest BCUT2D eigenvalue weighted by Crippen LogP contribution is 2.36.